The van der Waals surface area contributed by atoms with Gasteiger partial charge in [0.15, 0.2) is 0 Å². The van der Waals surface area contributed by atoms with Gasteiger partial charge in [0.2, 0.25) is 11.7 Å². The third-order valence-corrected chi connectivity index (χ3v) is 3.04. The fourth-order valence-electron chi connectivity index (χ4n) is 1.57. The lowest BCUT2D eigenvalue weighted by Gasteiger charge is -2.10. The molecule has 0 radical (unpaired) electrons. The first-order chi connectivity index (χ1) is 9.81. The largest absolute Gasteiger partial charge is 0.417 e. The van der Waals surface area contributed by atoms with Crippen LogP contribution in [0.3, 0.4) is 0 Å². The van der Waals surface area contributed by atoms with E-state index >= 15 is 0 Å². The van der Waals surface area contributed by atoms with Crippen LogP contribution in [0.15, 0.2) is 22.7 Å². The number of rotatable bonds is 3. The van der Waals surface area contributed by atoms with Crippen molar-refractivity contribution in [1.82, 2.24) is 25.5 Å². The maximum Gasteiger partial charge on any atom is 0.417 e. The predicted molar refractivity (Wildman–Crippen MR) is 70.0 cm³/mol. The van der Waals surface area contributed by atoms with Crippen LogP contribution in [-0.2, 0) is 17.5 Å². The van der Waals surface area contributed by atoms with Crippen molar-refractivity contribution in [1.29, 1.82) is 0 Å². The summed E-state index contributed by atoms with van der Waals surface area (Å²) in [7, 11) is 1.43. The molecular weight excluding hydrogens is 355 g/mol. The Kier molecular flexibility index (Phi) is 4.26. The summed E-state index contributed by atoms with van der Waals surface area (Å²) in [5.74, 6) is -0.579. The highest BCUT2D eigenvalue weighted by atomic mass is 79.9. The van der Waals surface area contributed by atoms with Gasteiger partial charge in [-0.15, -0.1) is 10.2 Å². The van der Waals surface area contributed by atoms with Gasteiger partial charge in [0.25, 0.3) is 0 Å². The lowest BCUT2D eigenvalue weighted by Crippen LogP contribution is -2.24. The molecule has 1 amide bonds. The first-order valence-electron chi connectivity index (χ1n) is 5.67. The molecule has 0 unspecified atom stereocenters. The summed E-state index contributed by atoms with van der Waals surface area (Å²) >= 11 is 2.99. The normalized spacial score (nSPS) is 11.5. The predicted octanol–water partition coefficient (Wildman–Crippen LogP) is 1.87. The molecule has 0 aliphatic rings. The van der Waals surface area contributed by atoms with E-state index in [-0.39, 0.29) is 28.3 Å². The number of alkyl halides is 3. The van der Waals surface area contributed by atoms with Crippen molar-refractivity contribution in [2.24, 2.45) is 0 Å². The summed E-state index contributed by atoms with van der Waals surface area (Å²) in [5.41, 5.74) is -1.08. The molecule has 1 aromatic carbocycles. The number of hydrogen-bond acceptors (Lipinski definition) is 4. The molecule has 10 heteroatoms. The van der Waals surface area contributed by atoms with Crippen LogP contribution in [0.5, 0.6) is 0 Å². The monoisotopic (exact) mass is 363 g/mol. The molecule has 112 valence electrons. The number of tetrazole rings is 1. The minimum atomic E-state index is -4.55. The van der Waals surface area contributed by atoms with Gasteiger partial charge in [0.05, 0.1) is 5.56 Å². The van der Waals surface area contributed by atoms with Gasteiger partial charge < -0.3 is 5.32 Å². The highest BCUT2D eigenvalue weighted by Crippen LogP contribution is 2.37. The van der Waals surface area contributed by atoms with E-state index in [9.17, 15) is 18.0 Å². The molecule has 6 nitrogen and oxygen atoms in total. The summed E-state index contributed by atoms with van der Waals surface area (Å²) in [4.78, 5) is 12.1. The molecule has 0 spiro atoms. The van der Waals surface area contributed by atoms with Gasteiger partial charge in [-0.05, 0) is 23.4 Å². The van der Waals surface area contributed by atoms with E-state index in [0.717, 1.165) is 10.9 Å². The standard InChI is InChI=1S/C11H9BrF3N5O/c1-16-9(21)5-20-18-10(17-19-20)7-3-2-6(12)4-8(7)11(13,14)15/h2-4H,5H2,1H3,(H,16,21). The third kappa shape index (κ3) is 3.57. The number of halogens is 4. The average molecular weight is 364 g/mol. The van der Waals surface area contributed by atoms with Gasteiger partial charge in [-0.2, -0.15) is 18.0 Å². The van der Waals surface area contributed by atoms with Gasteiger partial charge in [0, 0.05) is 17.1 Å². The molecule has 0 fully saturated rings. The van der Waals surface area contributed by atoms with Crippen LogP contribution >= 0.6 is 15.9 Å². The number of benzene rings is 1. The van der Waals surface area contributed by atoms with Crippen LogP contribution in [0.2, 0.25) is 0 Å². The maximum atomic E-state index is 13.0. The van der Waals surface area contributed by atoms with Crippen LogP contribution in [0.1, 0.15) is 5.56 Å². The summed E-state index contributed by atoms with van der Waals surface area (Å²) in [6.45, 7) is -0.221. The van der Waals surface area contributed by atoms with E-state index in [2.05, 4.69) is 36.7 Å². The van der Waals surface area contributed by atoms with Gasteiger partial charge in [-0.25, -0.2) is 0 Å². The molecule has 2 aromatic rings. The number of carbonyl (C=O) groups excluding carboxylic acids is 1. The quantitative estimate of drug-likeness (QED) is 0.903. The van der Waals surface area contributed by atoms with Gasteiger partial charge in [-0.3, -0.25) is 4.79 Å². The van der Waals surface area contributed by atoms with Crippen LogP contribution in [0.25, 0.3) is 11.4 Å². The number of aromatic nitrogens is 4. The number of carbonyl (C=O) groups is 1. The zero-order chi connectivity index (χ0) is 15.6. The van der Waals surface area contributed by atoms with E-state index < -0.39 is 11.7 Å². The van der Waals surface area contributed by atoms with Gasteiger partial charge in [0.1, 0.15) is 6.54 Å². The molecule has 1 heterocycles. The Morgan fingerprint density at radius 3 is 2.76 bits per heavy atom. The Bertz CT molecular complexity index is 670. The Morgan fingerprint density at radius 1 is 1.43 bits per heavy atom. The van der Waals surface area contributed by atoms with Crippen molar-refractivity contribution in [3.63, 3.8) is 0 Å². The molecule has 1 aromatic heterocycles. The maximum absolute atomic E-state index is 13.0. The summed E-state index contributed by atoms with van der Waals surface area (Å²) in [5, 5.41) is 13.3. The van der Waals surface area contributed by atoms with E-state index in [1.807, 2.05) is 0 Å². The molecule has 21 heavy (non-hydrogen) atoms. The first-order valence-corrected chi connectivity index (χ1v) is 6.46. The smallest absolute Gasteiger partial charge is 0.358 e. The van der Waals surface area contributed by atoms with Gasteiger partial charge >= 0.3 is 6.18 Å². The molecule has 2 rings (SSSR count). The Morgan fingerprint density at radius 2 is 2.14 bits per heavy atom. The lowest BCUT2D eigenvalue weighted by atomic mass is 10.1. The molecule has 0 bridgehead atoms. The number of likely N-dealkylation sites (N-methyl/N-ethyl adjacent to an activating group) is 1. The first kappa shape index (κ1) is 15.4. The van der Waals surface area contributed by atoms with Gasteiger partial charge in [-0.1, -0.05) is 15.9 Å². The van der Waals surface area contributed by atoms with Crippen molar-refractivity contribution in [2.45, 2.75) is 12.7 Å². The van der Waals surface area contributed by atoms with Crippen molar-refractivity contribution >= 4 is 21.8 Å². The zero-order valence-electron chi connectivity index (χ0n) is 10.6. The topological polar surface area (TPSA) is 72.7 Å². The summed E-state index contributed by atoms with van der Waals surface area (Å²) < 4.78 is 39.3. The minimum absolute atomic E-state index is 0.196. The number of nitrogens with zero attached hydrogens (tertiary/aromatic N) is 4. The van der Waals surface area contributed by atoms with Crippen LogP contribution in [0, 0.1) is 0 Å². The van der Waals surface area contributed by atoms with Crippen LogP contribution < -0.4 is 5.32 Å². The molecule has 1 N–H and O–H groups in total. The van der Waals surface area contributed by atoms with E-state index in [1.165, 1.54) is 19.2 Å². The molecular formula is C11H9BrF3N5O. The molecule has 0 saturated heterocycles. The highest BCUT2D eigenvalue weighted by Gasteiger charge is 2.35. The van der Waals surface area contributed by atoms with E-state index in [0.29, 0.717) is 0 Å². The summed E-state index contributed by atoms with van der Waals surface area (Å²) in [6.07, 6.45) is -4.55. The van der Waals surface area contributed by atoms with Crippen molar-refractivity contribution in [2.75, 3.05) is 7.05 Å². The second-order valence-corrected chi connectivity index (χ2v) is 4.92. The Hall–Kier alpha value is -1.97. The average Bonchev–Trinajstić information content (AvgIpc) is 2.85. The van der Waals surface area contributed by atoms with Crippen LogP contribution in [0.4, 0.5) is 13.2 Å². The summed E-state index contributed by atoms with van der Waals surface area (Å²) in [6, 6.07) is 3.63. The fraction of sp³-hybridized carbons (Fsp3) is 0.273. The molecule has 0 aliphatic heterocycles. The second-order valence-electron chi connectivity index (χ2n) is 4.00. The van der Waals surface area contributed by atoms with E-state index in [1.54, 1.807) is 0 Å². The number of hydrogen-bond donors (Lipinski definition) is 1. The number of nitrogens with one attached hydrogen (secondary N) is 1. The molecule has 0 saturated carbocycles. The lowest BCUT2D eigenvalue weighted by molar-refractivity contribution is -0.137. The van der Waals surface area contributed by atoms with Crippen molar-refractivity contribution in [3.05, 3.63) is 28.2 Å². The fourth-order valence-corrected chi connectivity index (χ4v) is 1.93. The van der Waals surface area contributed by atoms with Crippen molar-refractivity contribution < 1.29 is 18.0 Å². The molecule has 0 aliphatic carbocycles. The van der Waals surface area contributed by atoms with E-state index in [4.69, 9.17) is 0 Å². The minimum Gasteiger partial charge on any atom is -0.358 e. The Balaban J connectivity index is 2.41. The van der Waals surface area contributed by atoms with Crippen molar-refractivity contribution in [3.8, 4) is 11.4 Å². The highest BCUT2D eigenvalue weighted by molar-refractivity contribution is 9.10. The molecule has 0 atom stereocenters. The second kappa shape index (κ2) is 5.80. The number of amides is 1. The third-order valence-electron chi connectivity index (χ3n) is 2.54. The Labute approximate surface area is 125 Å². The van der Waals surface area contributed by atoms with Crippen LogP contribution in [-0.4, -0.2) is 33.2 Å². The SMILES string of the molecule is CNC(=O)Cn1nnc(-c2ccc(Br)cc2C(F)(F)F)n1. The zero-order valence-corrected chi connectivity index (χ0v) is 12.2.